The number of aromatic nitrogens is 3. The maximum Gasteiger partial charge on any atom is 0.277 e. The Morgan fingerprint density at radius 1 is 1.27 bits per heavy atom. The van der Waals surface area contributed by atoms with E-state index in [-0.39, 0.29) is 11.2 Å². The molecule has 3 rings (SSSR count). The van der Waals surface area contributed by atoms with Crippen LogP contribution in [0.1, 0.15) is 30.1 Å². The molecule has 0 fully saturated rings. The second kappa shape index (κ2) is 8.01. The lowest BCUT2D eigenvalue weighted by Crippen LogP contribution is -2.22. The number of hydrogen-bond donors (Lipinski definition) is 1. The zero-order chi connectivity index (χ0) is 18.7. The number of thioether (sulfide) groups is 1. The van der Waals surface area contributed by atoms with Crippen LogP contribution in [0.3, 0.4) is 0 Å². The number of benzene rings is 1. The summed E-state index contributed by atoms with van der Waals surface area (Å²) in [6, 6.07) is 7.84. The molecule has 26 heavy (non-hydrogen) atoms. The van der Waals surface area contributed by atoms with Crippen LogP contribution < -0.4 is 5.32 Å². The number of nitrogens with one attached hydrogen (secondary N) is 1. The van der Waals surface area contributed by atoms with E-state index in [1.54, 1.807) is 0 Å². The van der Waals surface area contributed by atoms with Crippen molar-refractivity contribution in [2.75, 3.05) is 5.32 Å². The highest BCUT2D eigenvalue weighted by atomic mass is 32.2. The lowest BCUT2D eigenvalue weighted by Gasteiger charge is -2.10. The number of amides is 1. The maximum atomic E-state index is 12.4. The summed E-state index contributed by atoms with van der Waals surface area (Å²) in [6.45, 7) is 7.76. The fourth-order valence-electron chi connectivity index (χ4n) is 2.35. The molecule has 0 spiro atoms. The van der Waals surface area contributed by atoms with Gasteiger partial charge in [-0.2, -0.15) is 0 Å². The van der Waals surface area contributed by atoms with Crippen LogP contribution in [-0.2, 0) is 11.2 Å². The van der Waals surface area contributed by atoms with Gasteiger partial charge in [0, 0.05) is 5.69 Å². The second-order valence-electron chi connectivity index (χ2n) is 5.82. The molecule has 2 heterocycles. The Hall–Kier alpha value is -2.19. The van der Waals surface area contributed by atoms with E-state index in [1.807, 2.05) is 45.0 Å². The lowest BCUT2D eigenvalue weighted by atomic mass is 10.1. The molecule has 0 radical (unpaired) electrons. The third-order valence-electron chi connectivity index (χ3n) is 3.78. The molecule has 6 nitrogen and oxygen atoms in total. The molecule has 8 heteroatoms. The van der Waals surface area contributed by atoms with Crippen LogP contribution in [0.4, 0.5) is 5.69 Å². The minimum Gasteiger partial charge on any atom is -0.410 e. The number of carbonyl (C=O) groups excluding carboxylic acids is 1. The van der Waals surface area contributed by atoms with Crippen molar-refractivity contribution in [2.24, 2.45) is 0 Å². The predicted molar refractivity (Wildman–Crippen MR) is 105 cm³/mol. The summed E-state index contributed by atoms with van der Waals surface area (Å²) in [5.41, 5.74) is 2.88. The van der Waals surface area contributed by atoms with E-state index in [9.17, 15) is 4.79 Å². The van der Waals surface area contributed by atoms with Crippen LogP contribution in [0.15, 0.2) is 33.9 Å². The van der Waals surface area contributed by atoms with Crippen molar-refractivity contribution in [3.05, 3.63) is 40.5 Å². The molecule has 0 aliphatic carbocycles. The number of carbonyl (C=O) groups is 1. The minimum atomic E-state index is -0.363. The first kappa shape index (κ1) is 18.6. The minimum absolute atomic E-state index is 0.108. The van der Waals surface area contributed by atoms with Crippen LogP contribution in [0.5, 0.6) is 0 Å². The number of aryl methyl sites for hydroxylation is 3. The van der Waals surface area contributed by atoms with Gasteiger partial charge >= 0.3 is 0 Å². The van der Waals surface area contributed by atoms with Crippen molar-refractivity contribution in [3.63, 3.8) is 0 Å². The summed E-state index contributed by atoms with van der Waals surface area (Å²) in [4.78, 5) is 17.6. The van der Waals surface area contributed by atoms with Crippen molar-refractivity contribution in [1.29, 1.82) is 0 Å². The van der Waals surface area contributed by atoms with Crippen LogP contribution in [0.25, 0.3) is 10.8 Å². The average molecular weight is 389 g/mol. The number of thiazole rings is 1. The molecule has 0 bridgehead atoms. The number of hydrogen-bond acceptors (Lipinski definition) is 7. The van der Waals surface area contributed by atoms with Crippen molar-refractivity contribution < 1.29 is 9.21 Å². The molecule has 1 unspecified atom stereocenters. The van der Waals surface area contributed by atoms with Gasteiger partial charge in [0.2, 0.25) is 5.91 Å². The van der Waals surface area contributed by atoms with Gasteiger partial charge in [0.25, 0.3) is 11.1 Å². The summed E-state index contributed by atoms with van der Waals surface area (Å²) in [7, 11) is 0. The third kappa shape index (κ3) is 4.31. The van der Waals surface area contributed by atoms with Crippen LogP contribution >= 0.6 is 23.1 Å². The monoisotopic (exact) mass is 388 g/mol. The van der Waals surface area contributed by atoms with Gasteiger partial charge in [-0.1, -0.05) is 30.8 Å². The fraction of sp³-hybridized carbons (Fsp3) is 0.333. The Labute approximate surface area is 160 Å². The Morgan fingerprint density at radius 3 is 2.62 bits per heavy atom. The Kier molecular flexibility index (Phi) is 5.73. The smallest absolute Gasteiger partial charge is 0.277 e. The highest BCUT2D eigenvalue weighted by molar-refractivity contribution is 8.00. The molecule has 0 aliphatic heterocycles. The number of nitrogens with zero attached hydrogens (tertiary/aromatic N) is 3. The van der Waals surface area contributed by atoms with Gasteiger partial charge in [0.05, 0.1) is 16.0 Å². The first-order valence-corrected chi connectivity index (χ1v) is 10.00. The van der Waals surface area contributed by atoms with E-state index in [2.05, 4.69) is 27.4 Å². The van der Waals surface area contributed by atoms with Gasteiger partial charge in [-0.25, -0.2) is 4.98 Å². The molecule has 0 saturated carbocycles. The Morgan fingerprint density at radius 2 is 2.00 bits per heavy atom. The average Bonchev–Trinajstić information content (AvgIpc) is 3.21. The largest absolute Gasteiger partial charge is 0.410 e. The summed E-state index contributed by atoms with van der Waals surface area (Å²) in [5.74, 6) is 0.335. The standard InChI is InChI=1S/C18H20N4O2S2/c1-5-13-6-8-14(9-7-13)20-16(23)11(3)25-18-22-21-17(24-18)15-10(2)19-12(4)26-15/h6-9,11H,5H2,1-4H3,(H,20,23). The van der Waals surface area contributed by atoms with E-state index in [4.69, 9.17) is 4.42 Å². The highest BCUT2D eigenvalue weighted by Gasteiger charge is 2.20. The molecule has 1 amide bonds. The van der Waals surface area contributed by atoms with Crippen LogP contribution in [0.2, 0.25) is 0 Å². The van der Waals surface area contributed by atoms with E-state index in [0.717, 1.165) is 27.7 Å². The predicted octanol–water partition coefficient (Wildman–Crippen LogP) is 4.49. The summed E-state index contributed by atoms with van der Waals surface area (Å²) >= 11 is 2.75. The Balaban J connectivity index is 1.63. The molecule has 0 aliphatic rings. The molecular formula is C18H20N4O2S2. The van der Waals surface area contributed by atoms with Gasteiger partial charge < -0.3 is 9.73 Å². The fourth-order valence-corrected chi connectivity index (χ4v) is 3.88. The van der Waals surface area contributed by atoms with Crippen molar-refractivity contribution in [2.45, 2.75) is 44.6 Å². The van der Waals surface area contributed by atoms with Crippen molar-refractivity contribution in [1.82, 2.24) is 15.2 Å². The molecule has 3 aromatic rings. The van der Waals surface area contributed by atoms with Gasteiger partial charge in [0.1, 0.15) is 4.88 Å². The molecule has 0 saturated heterocycles. The van der Waals surface area contributed by atoms with Crippen LogP contribution in [0, 0.1) is 13.8 Å². The molecule has 1 aromatic carbocycles. The zero-order valence-corrected chi connectivity index (χ0v) is 16.7. The van der Waals surface area contributed by atoms with E-state index in [1.165, 1.54) is 28.7 Å². The van der Waals surface area contributed by atoms with E-state index < -0.39 is 0 Å². The van der Waals surface area contributed by atoms with Gasteiger partial charge in [-0.3, -0.25) is 4.79 Å². The molecule has 136 valence electrons. The number of rotatable bonds is 6. The third-order valence-corrected chi connectivity index (χ3v) is 5.78. The first-order chi connectivity index (χ1) is 12.5. The summed E-state index contributed by atoms with van der Waals surface area (Å²) in [6.07, 6.45) is 0.971. The quantitative estimate of drug-likeness (QED) is 0.627. The lowest BCUT2D eigenvalue weighted by molar-refractivity contribution is -0.115. The molecular weight excluding hydrogens is 368 g/mol. The summed E-state index contributed by atoms with van der Waals surface area (Å²) in [5, 5.41) is 12.0. The maximum absolute atomic E-state index is 12.4. The second-order valence-corrected chi connectivity index (χ2v) is 8.32. The Bertz CT molecular complexity index is 902. The topological polar surface area (TPSA) is 80.9 Å². The molecule has 1 atom stereocenters. The molecule has 2 aromatic heterocycles. The van der Waals surface area contributed by atoms with Gasteiger partial charge in [0.15, 0.2) is 0 Å². The van der Waals surface area contributed by atoms with Gasteiger partial charge in [-0.15, -0.1) is 21.5 Å². The first-order valence-electron chi connectivity index (χ1n) is 8.30. The SMILES string of the molecule is CCc1ccc(NC(=O)C(C)Sc2nnc(-c3sc(C)nc3C)o2)cc1. The summed E-state index contributed by atoms with van der Waals surface area (Å²) < 4.78 is 5.70. The zero-order valence-electron chi connectivity index (χ0n) is 15.1. The van der Waals surface area contributed by atoms with Crippen molar-refractivity contribution >= 4 is 34.7 Å². The van der Waals surface area contributed by atoms with E-state index in [0.29, 0.717) is 11.1 Å². The van der Waals surface area contributed by atoms with E-state index >= 15 is 0 Å². The number of anilines is 1. The van der Waals surface area contributed by atoms with Crippen LogP contribution in [-0.4, -0.2) is 26.3 Å². The molecule has 1 N–H and O–H groups in total. The van der Waals surface area contributed by atoms with Gasteiger partial charge in [-0.05, 0) is 44.9 Å². The highest BCUT2D eigenvalue weighted by Crippen LogP contribution is 2.31. The normalized spacial score (nSPS) is 12.2. The van der Waals surface area contributed by atoms with Crippen molar-refractivity contribution in [3.8, 4) is 10.8 Å².